The number of halogens is 3. The predicted octanol–water partition coefficient (Wildman–Crippen LogP) is 3.14. The number of fused-ring (bicyclic) bond motifs is 3. The number of ketones is 1. The van der Waals surface area contributed by atoms with Gasteiger partial charge in [-0.15, -0.1) is 34.8 Å². The minimum Gasteiger partial charge on any atom is -0.460 e. The summed E-state index contributed by atoms with van der Waals surface area (Å²) >= 11 is 20.1. The van der Waals surface area contributed by atoms with Gasteiger partial charge in [-0.3, -0.25) is 9.59 Å². The second kappa shape index (κ2) is 5.23. The fraction of sp³-hybridized carbons (Fsp3) is 0.875. The van der Waals surface area contributed by atoms with Crippen molar-refractivity contribution in [2.45, 2.75) is 60.9 Å². The molecular weight excluding hydrogens is 363 g/mol. The average molecular weight is 384 g/mol. The number of Topliss-reactive ketones (excluding diaryl/α,β-unsaturated/α-hetero) is 1. The molecule has 0 aromatic carbocycles. The highest BCUT2D eigenvalue weighted by atomic mass is 35.5. The van der Waals surface area contributed by atoms with Crippen molar-refractivity contribution in [1.29, 1.82) is 0 Å². The molecule has 0 bridgehead atoms. The van der Waals surface area contributed by atoms with Crippen LogP contribution in [-0.2, 0) is 19.1 Å². The van der Waals surface area contributed by atoms with Crippen LogP contribution in [0, 0.1) is 17.3 Å². The number of esters is 1. The molecule has 0 aromatic rings. The van der Waals surface area contributed by atoms with E-state index in [9.17, 15) is 9.59 Å². The Bertz CT molecular complexity index is 570. The molecule has 3 fully saturated rings. The van der Waals surface area contributed by atoms with Gasteiger partial charge in [0.05, 0.1) is 11.3 Å². The quantitative estimate of drug-likeness (QED) is 0.515. The highest BCUT2D eigenvalue weighted by Crippen LogP contribution is 2.66. The van der Waals surface area contributed by atoms with Crippen molar-refractivity contribution >= 4 is 46.6 Å². The van der Waals surface area contributed by atoms with Crippen molar-refractivity contribution in [1.82, 2.24) is 0 Å². The molecule has 3 aliphatic rings. The molecule has 1 heterocycles. The first-order valence-electron chi connectivity index (χ1n) is 7.83. The van der Waals surface area contributed by atoms with E-state index in [4.69, 9.17) is 44.3 Å². The minimum absolute atomic E-state index is 0.0499. The molecule has 130 valence electrons. The summed E-state index contributed by atoms with van der Waals surface area (Å²) in [6.45, 7) is 5.40. The lowest BCUT2D eigenvalue weighted by atomic mass is 9.50. The molecule has 4 nitrogen and oxygen atoms in total. The molecule has 0 aromatic heterocycles. The second-order valence-electron chi connectivity index (χ2n) is 7.38. The smallest absolute Gasteiger partial charge is 0.309 e. The monoisotopic (exact) mass is 382 g/mol. The molecule has 8 atom stereocenters. The molecular formula is C16H21Cl3O4. The minimum atomic E-state index is -1.38. The zero-order valence-electron chi connectivity index (χ0n) is 13.6. The molecule has 1 saturated heterocycles. The molecule has 2 saturated carbocycles. The standard InChI is InChI=1S/C16H21Cl3O4/c1-7-8-5-6-14(2)10(18)9(17)11(20)15(3,22-4)16(14,19)12(8)23-13(7)21/h7-10,12H,5-6H2,1-4H3. The van der Waals surface area contributed by atoms with E-state index in [0.717, 1.165) is 6.42 Å². The van der Waals surface area contributed by atoms with E-state index in [1.54, 1.807) is 6.92 Å². The average Bonchev–Trinajstić information content (AvgIpc) is 2.82. The van der Waals surface area contributed by atoms with Crippen LogP contribution < -0.4 is 0 Å². The summed E-state index contributed by atoms with van der Waals surface area (Å²) in [5.41, 5.74) is -2.08. The number of ether oxygens (including phenoxy) is 2. The van der Waals surface area contributed by atoms with E-state index in [1.165, 1.54) is 7.11 Å². The molecule has 2 aliphatic carbocycles. The first-order chi connectivity index (χ1) is 10.6. The van der Waals surface area contributed by atoms with Crippen LogP contribution in [0.15, 0.2) is 0 Å². The molecule has 0 spiro atoms. The van der Waals surface area contributed by atoms with Gasteiger partial charge in [-0.25, -0.2) is 0 Å². The molecule has 0 N–H and O–H groups in total. The third-order valence-electron chi connectivity index (χ3n) is 6.56. The lowest BCUT2D eigenvalue weighted by molar-refractivity contribution is -0.183. The zero-order chi connectivity index (χ0) is 17.4. The summed E-state index contributed by atoms with van der Waals surface area (Å²) in [4.78, 5) is 23.7. The van der Waals surface area contributed by atoms with E-state index in [1.807, 2.05) is 13.8 Å². The van der Waals surface area contributed by atoms with Crippen LogP contribution >= 0.6 is 34.8 Å². The van der Waals surface area contributed by atoms with Gasteiger partial charge in [0, 0.05) is 18.4 Å². The van der Waals surface area contributed by atoms with Gasteiger partial charge in [-0.1, -0.05) is 13.8 Å². The van der Waals surface area contributed by atoms with Crippen molar-refractivity contribution in [2.75, 3.05) is 7.11 Å². The molecule has 0 radical (unpaired) electrons. The fourth-order valence-electron chi connectivity index (χ4n) is 4.81. The van der Waals surface area contributed by atoms with Gasteiger partial charge in [0.25, 0.3) is 0 Å². The predicted molar refractivity (Wildman–Crippen MR) is 88.2 cm³/mol. The Balaban J connectivity index is 2.21. The van der Waals surface area contributed by atoms with E-state index in [0.29, 0.717) is 6.42 Å². The maximum atomic E-state index is 12.9. The lowest BCUT2D eigenvalue weighted by Gasteiger charge is -2.63. The number of hydrogen-bond acceptors (Lipinski definition) is 4. The van der Waals surface area contributed by atoms with Gasteiger partial charge < -0.3 is 9.47 Å². The SMILES string of the molecule is COC1(C)C(=O)C(Cl)C(Cl)C2(C)CCC3C(C)C(=O)OC3C12Cl. The highest BCUT2D eigenvalue weighted by molar-refractivity contribution is 6.42. The third kappa shape index (κ3) is 1.84. The van der Waals surface area contributed by atoms with Crippen molar-refractivity contribution in [3.8, 4) is 0 Å². The topological polar surface area (TPSA) is 52.6 Å². The summed E-state index contributed by atoms with van der Waals surface area (Å²) < 4.78 is 11.2. The second-order valence-corrected chi connectivity index (χ2v) is 8.92. The van der Waals surface area contributed by atoms with Gasteiger partial charge >= 0.3 is 5.97 Å². The van der Waals surface area contributed by atoms with Crippen molar-refractivity contribution in [2.24, 2.45) is 17.3 Å². The van der Waals surface area contributed by atoms with E-state index in [-0.39, 0.29) is 23.6 Å². The Morgan fingerprint density at radius 3 is 2.43 bits per heavy atom. The number of methoxy groups -OCH3 is 1. The summed E-state index contributed by atoms with van der Waals surface area (Å²) in [6.07, 6.45) is 0.788. The third-order valence-corrected chi connectivity index (χ3v) is 8.88. The van der Waals surface area contributed by atoms with Crippen LogP contribution in [-0.4, -0.2) is 46.2 Å². The first kappa shape index (κ1) is 17.8. The van der Waals surface area contributed by atoms with Crippen LogP contribution in [0.4, 0.5) is 0 Å². The molecule has 3 rings (SSSR count). The summed E-state index contributed by atoms with van der Waals surface area (Å²) in [6, 6.07) is 0. The summed E-state index contributed by atoms with van der Waals surface area (Å²) in [5.74, 6) is -0.940. The lowest BCUT2D eigenvalue weighted by Crippen LogP contribution is -2.78. The molecule has 0 amide bonds. The van der Waals surface area contributed by atoms with Crippen LogP contribution in [0.25, 0.3) is 0 Å². The zero-order valence-corrected chi connectivity index (χ0v) is 15.8. The molecule has 8 unspecified atom stereocenters. The van der Waals surface area contributed by atoms with Gasteiger partial charge in [-0.2, -0.15) is 0 Å². The first-order valence-corrected chi connectivity index (χ1v) is 9.08. The van der Waals surface area contributed by atoms with Crippen LogP contribution in [0.2, 0.25) is 0 Å². The maximum absolute atomic E-state index is 12.9. The number of alkyl halides is 3. The van der Waals surface area contributed by atoms with Gasteiger partial charge in [0.15, 0.2) is 5.78 Å². The number of hydrogen-bond donors (Lipinski definition) is 0. The number of carbonyl (C=O) groups excluding carboxylic acids is 2. The van der Waals surface area contributed by atoms with Crippen molar-refractivity contribution < 1.29 is 19.1 Å². The summed E-state index contributed by atoms with van der Waals surface area (Å²) in [5, 5.41) is -1.56. The Hall–Kier alpha value is -0.0300. The van der Waals surface area contributed by atoms with Crippen molar-refractivity contribution in [3.05, 3.63) is 0 Å². The normalized spacial score (nSPS) is 56.0. The van der Waals surface area contributed by atoms with Crippen molar-refractivity contribution in [3.63, 3.8) is 0 Å². The van der Waals surface area contributed by atoms with Crippen LogP contribution in [0.1, 0.15) is 33.6 Å². The summed E-state index contributed by atoms with van der Waals surface area (Å²) in [7, 11) is 1.43. The maximum Gasteiger partial charge on any atom is 0.309 e. The van der Waals surface area contributed by atoms with Gasteiger partial charge in [0.2, 0.25) is 0 Å². The Morgan fingerprint density at radius 2 is 1.87 bits per heavy atom. The largest absolute Gasteiger partial charge is 0.460 e. The Kier molecular flexibility index (Phi) is 4.05. The van der Waals surface area contributed by atoms with E-state index in [2.05, 4.69) is 0 Å². The Morgan fingerprint density at radius 1 is 1.26 bits per heavy atom. The molecule has 1 aliphatic heterocycles. The van der Waals surface area contributed by atoms with E-state index >= 15 is 0 Å². The molecule has 23 heavy (non-hydrogen) atoms. The van der Waals surface area contributed by atoms with E-state index < -0.39 is 32.7 Å². The molecule has 7 heteroatoms. The Labute approximate surface area is 151 Å². The van der Waals surface area contributed by atoms with Gasteiger partial charge in [-0.05, 0) is 19.8 Å². The van der Waals surface area contributed by atoms with Crippen LogP contribution in [0.3, 0.4) is 0 Å². The van der Waals surface area contributed by atoms with Crippen LogP contribution in [0.5, 0.6) is 0 Å². The number of carbonyl (C=O) groups is 2. The number of rotatable bonds is 1. The highest BCUT2D eigenvalue weighted by Gasteiger charge is 2.77. The fourth-order valence-corrected chi connectivity index (χ4v) is 6.34. The van der Waals surface area contributed by atoms with Gasteiger partial charge in [0.1, 0.15) is 22.0 Å².